The number of nitrogens with zero attached hydrogens (tertiary/aromatic N) is 1. The molecule has 1 atom stereocenters. The van der Waals surface area contributed by atoms with Crippen LogP contribution in [-0.2, 0) is 0 Å². The first-order valence-electron chi connectivity index (χ1n) is 7.97. The van der Waals surface area contributed by atoms with Gasteiger partial charge in [0.05, 0.1) is 11.0 Å². The molecule has 0 radical (unpaired) electrons. The van der Waals surface area contributed by atoms with E-state index in [1.807, 2.05) is 18.4 Å². The van der Waals surface area contributed by atoms with Crippen molar-refractivity contribution in [2.45, 2.75) is 25.9 Å². The minimum absolute atomic E-state index is 0.114. The number of rotatable bonds is 3. The van der Waals surface area contributed by atoms with Crippen LogP contribution in [0.2, 0.25) is 0 Å². The second-order valence-corrected chi connectivity index (χ2v) is 6.93. The van der Waals surface area contributed by atoms with E-state index >= 15 is 0 Å². The van der Waals surface area contributed by atoms with Crippen LogP contribution in [0, 0.1) is 6.92 Å². The zero-order chi connectivity index (χ0) is 17.1. The smallest absolute Gasteiger partial charge is 0.265 e. The quantitative estimate of drug-likeness (QED) is 0.899. The molecule has 2 heterocycles. The Kier molecular flexibility index (Phi) is 4.97. The lowest BCUT2D eigenvalue weighted by Gasteiger charge is -2.30. The monoisotopic (exact) mass is 344 g/mol. The fourth-order valence-corrected chi connectivity index (χ4v) is 3.67. The molecule has 0 saturated carbocycles. The molecule has 0 bridgehead atoms. The highest BCUT2D eigenvalue weighted by molar-refractivity contribution is 7.12. The van der Waals surface area contributed by atoms with Crippen molar-refractivity contribution in [2.75, 3.05) is 18.4 Å². The minimum atomic E-state index is -0.451. The van der Waals surface area contributed by atoms with E-state index in [0.29, 0.717) is 29.2 Å². The number of benzene rings is 1. The molecule has 3 rings (SSSR count). The molecule has 126 valence electrons. The van der Waals surface area contributed by atoms with Crippen molar-refractivity contribution < 1.29 is 14.7 Å². The molecule has 6 heteroatoms. The van der Waals surface area contributed by atoms with E-state index < -0.39 is 6.10 Å². The van der Waals surface area contributed by atoms with Gasteiger partial charge in [-0.05, 0) is 55.0 Å². The number of aliphatic hydroxyl groups excluding tert-OH is 1. The first-order valence-corrected chi connectivity index (χ1v) is 8.85. The van der Waals surface area contributed by atoms with Gasteiger partial charge in [-0.2, -0.15) is 0 Å². The molecular formula is C18H20N2O3S. The third-order valence-corrected chi connectivity index (χ3v) is 5.13. The van der Waals surface area contributed by atoms with Gasteiger partial charge in [-0.25, -0.2) is 0 Å². The Morgan fingerprint density at radius 2 is 2.17 bits per heavy atom. The Labute approximate surface area is 144 Å². The molecule has 24 heavy (non-hydrogen) atoms. The summed E-state index contributed by atoms with van der Waals surface area (Å²) in [6.07, 6.45) is 1.09. The van der Waals surface area contributed by atoms with Crippen LogP contribution in [0.25, 0.3) is 0 Å². The van der Waals surface area contributed by atoms with Crippen LogP contribution < -0.4 is 5.32 Å². The van der Waals surface area contributed by atoms with Gasteiger partial charge in [0.25, 0.3) is 11.8 Å². The number of piperidine rings is 1. The van der Waals surface area contributed by atoms with E-state index in [9.17, 15) is 14.7 Å². The number of hydrogen-bond acceptors (Lipinski definition) is 4. The summed E-state index contributed by atoms with van der Waals surface area (Å²) in [4.78, 5) is 27.2. The number of aryl methyl sites for hydroxylation is 1. The molecule has 1 saturated heterocycles. The van der Waals surface area contributed by atoms with Crippen molar-refractivity contribution in [1.29, 1.82) is 0 Å². The highest BCUT2D eigenvalue weighted by atomic mass is 32.1. The number of carbonyl (C=O) groups excluding carboxylic acids is 2. The predicted octanol–water partition coefficient (Wildman–Crippen LogP) is 2.91. The second kappa shape index (κ2) is 7.15. The normalized spacial score (nSPS) is 17.6. The lowest BCUT2D eigenvalue weighted by atomic mass is 10.1. The van der Waals surface area contributed by atoms with Gasteiger partial charge in [-0.3, -0.25) is 9.59 Å². The maximum absolute atomic E-state index is 12.6. The van der Waals surface area contributed by atoms with Gasteiger partial charge in [0.1, 0.15) is 0 Å². The van der Waals surface area contributed by atoms with Gasteiger partial charge >= 0.3 is 0 Å². The standard InChI is InChI=1S/C18H20N2O3S/c1-12-7-9-24-16(12)17(22)19-14-5-2-4-13(10-14)18(23)20-8-3-6-15(21)11-20/h2,4-5,7,9-10,15,21H,3,6,8,11H2,1H3,(H,19,22). The Morgan fingerprint density at radius 1 is 1.33 bits per heavy atom. The number of amides is 2. The molecule has 2 amide bonds. The fourth-order valence-electron chi connectivity index (χ4n) is 2.84. The highest BCUT2D eigenvalue weighted by Crippen LogP contribution is 2.20. The molecule has 1 fully saturated rings. The number of carbonyl (C=O) groups is 2. The molecule has 1 aliphatic heterocycles. The zero-order valence-electron chi connectivity index (χ0n) is 13.5. The maximum Gasteiger partial charge on any atom is 0.265 e. The van der Waals surface area contributed by atoms with Gasteiger partial charge in [-0.15, -0.1) is 11.3 Å². The van der Waals surface area contributed by atoms with Gasteiger partial charge in [0, 0.05) is 24.3 Å². The molecule has 1 aliphatic rings. The summed E-state index contributed by atoms with van der Waals surface area (Å²) in [7, 11) is 0. The van der Waals surface area contributed by atoms with Crippen LogP contribution in [0.1, 0.15) is 38.4 Å². The molecule has 2 aromatic rings. The Balaban J connectivity index is 1.73. The van der Waals surface area contributed by atoms with Gasteiger partial charge in [-0.1, -0.05) is 6.07 Å². The highest BCUT2D eigenvalue weighted by Gasteiger charge is 2.23. The van der Waals surface area contributed by atoms with E-state index in [2.05, 4.69) is 5.32 Å². The van der Waals surface area contributed by atoms with Crippen LogP contribution >= 0.6 is 11.3 Å². The molecule has 0 aliphatic carbocycles. The second-order valence-electron chi connectivity index (χ2n) is 6.01. The van der Waals surface area contributed by atoms with E-state index in [1.54, 1.807) is 29.2 Å². The van der Waals surface area contributed by atoms with E-state index in [1.165, 1.54) is 11.3 Å². The van der Waals surface area contributed by atoms with E-state index in [4.69, 9.17) is 0 Å². The van der Waals surface area contributed by atoms with Crippen LogP contribution in [0.3, 0.4) is 0 Å². The summed E-state index contributed by atoms with van der Waals surface area (Å²) in [5.41, 5.74) is 2.05. The number of likely N-dealkylation sites (tertiary alicyclic amines) is 1. The molecule has 1 aromatic carbocycles. The van der Waals surface area contributed by atoms with E-state index in [0.717, 1.165) is 18.4 Å². The Bertz CT molecular complexity index is 756. The zero-order valence-corrected chi connectivity index (χ0v) is 14.3. The third-order valence-electron chi connectivity index (χ3n) is 4.12. The summed E-state index contributed by atoms with van der Waals surface area (Å²) < 4.78 is 0. The van der Waals surface area contributed by atoms with Crippen molar-refractivity contribution >= 4 is 28.8 Å². The van der Waals surface area contributed by atoms with Crippen LogP contribution in [0.5, 0.6) is 0 Å². The molecule has 1 aromatic heterocycles. The molecule has 1 unspecified atom stereocenters. The average Bonchev–Trinajstić information content (AvgIpc) is 3.00. The van der Waals surface area contributed by atoms with Crippen molar-refractivity contribution in [2.24, 2.45) is 0 Å². The van der Waals surface area contributed by atoms with Crippen LogP contribution in [0.4, 0.5) is 5.69 Å². The summed E-state index contributed by atoms with van der Waals surface area (Å²) in [6.45, 7) is 2.91. The number of aliphatic hydroxyl groups is 1. The summed E-state index contributed by atoms with van der Waals surface area (Å²) in [6, 6.07) is 8.84. The number of β-amino-alcohol motifs (C(OH)–C–C–N with tert-alkyl or cyclic N) is 1. The molecule has 5 nitrogen and oxygen atoms in total. The topological polar surface area (TPSA) is 69.6 Å². The molecular weight excluding hydrogens is 324 g/mol. The Morgan fingerprint density at radius 3 is 2.88 bits per heavy atom. The van der Waals surface area contributed by atoms with Crippen molar-refractivity contribution in [1.82, 2.24) is 4.90 Å². The van der Waals surface area contributed by atoms with Crippen LogP contribution in [-0.4, -0.2) is 41.0 Å². The first-order chi connectivity index (χ1) is 11.5. The fraction of sp³-hybridized carbons (Fsp3) is 0.333. The van der Waals surface area contributed by atoms with Crippen molar-refractivity contribution in [3.05, 3.63) is 51.7 Å². The first kappa shape index (κ1) is 16.7. The van der Waals surface area contributed by atoms with Gasteiger partial charge in [0.15, 0.2) is 0 Å². The number of thiophene rings is 1. The van der Waals surface area contributed by atoms with Crippen molar-refractivity contribution in [3.8, 4) is 0 Å². The van der Waals surface area contributed by atoms with Gasteiger partial charge < -0.3 is 15.3 Å². The van der Waals surface area contributed by atoms with Crippen LogP contribution in [0.15, 0.2) is 35.7 Å². The average molecular weight is 344 g/mol. The van der Waals surface area contributed by atoms with Crippen molar-refractivity contribution in [3.63, 3.8) is 0 Å². The summed E-state index contributed by atoms with van der Waals surface area (Å²) in [5.74, 6) is -0.280. The Hall–Kier alpha value is -2.18. The summed E-state index contributed by atoms with van der Waals surface area (Å²) >= 11 is 1.40. The predicted molar refractivity (Wildman–Crippen MR) is 94.6 cm³/mol. The molecule has 2 N–H and O–H groups in total. The SMILES string of the molecule is Cc1ccsc1C(=O)Nc1cccc(C(=O)N2CCCC(O)C2)c1. The number of anilines is 1. The number of hydrogen-bond donors (Lipinski definition) is 2. The molecule has 0 spiro atoms. The third kappa shape index (κ3) is 3.66. The van der Waals surface area contributed by atoms with Gasteiger partial charge in [0.2, 0.25) is 0 Å². The summed E-state index contributed by atoms with van der Waals surface area (Å²) in [5, 5.41) is 14.5. The minimum Gasteiger partial charge on any atom is -0.391 e. The maximum atomic E-state index is 12.6. The number of nitrogens with one attached hydrogen (secondary N) is 1. The largest absolute Gasteiger partial charge is 0.391 e. The lowest BCUT2D eigenvalue weighted by Crippen LogP contribution is -2.42. The lowest BCUT2D eigenvalue weighted by molar-refractivity contribution is 0.0474. The van der Waals surface area contributed by atoms with E-state index in [-0.39, 0.29) is 11.8 Å².